The zero-order chi connectivity index (χ0) is 11.2. The van der Waals surface area contributed by atoms with E-state index in [0.29, 0.717) is 17.6 Å². The van der Waals surface area contributed by atoms with E-state index in [1.54, 1.807) is 0 Å². The number of carbonyl (C=O) groups is 2. The summed E-state index contributed by atoms with van der Waals surface area (Å²) in [6.45, 7) is 1.02. The predicted molar refractivity (Wildman–Crippen MR) is 50.6 cm³/mol. The van der Waals surface area contributed by atoms with Gasteiger partial charge in [-0.25, -0.2) is 0 Å². The van der Waals surface area contributed by atoms with Gasteiger partial charge >= 0.3 is 5.97 Å². The molecule has 0 N–H and O–H groups in total. The largest absolute Gasteiger partial charge is 0.550 e. The van der Waals surface area contributed by atoms with Gasteiger partial charge in [0.25, 0.3) is 0 Å². The lowest BCUT2D eigenvalue weighted by atomic mass is 10.3. The van der Waals surface area contributed by atoms with Gasteiger partial charge in [-0.05, 0) is 6.42 Å². The number of quaternary nitrogens is 1. The number of halogens is 1. The van der Waals surface area contributed by atoms with Crippen LogP contribution < -0.4 is 5.11 Å². The second kappa shape index (κ2) is 7.17. The first kappa shape index (κ1) is 16.3. The number of ether oxygens (including phenoxy) is 1. The molecule has 0 radical (unpaired) electrons. The molecule has 0 heterocycles. The van der Waals surface area contributed by atoms with Crippen molar-refractivity contribution in [2.24, 2.45) is 0 Å². The van der Waals surface area contributed by atoms with Crippen molar-refractivity contribution in [2.75, 3.05) is 34.3 Å². The van der Waals surface area contributed by atoms with E-state index >= 15 is 0 Å². The molecule has 0 aromatic heterocycles. The Kier molecular flexibility index (Phi) is 7.77. The van der Waals surface area contributed by atoms with E-state index in [9.17, 15) is 14.7 Å². The number of nitrogens with zero attached hydrogens (tertiary/aromatic N) is 1. The van der Waals surface area contributed by atoms with Gasteiger partial charge in [0.2, 0.25) is 0 Å². The number of likely N-dealkylation sites (N-methyl/N-ethyl adjacent to an activating group) is 1. The molecule has 0 spiro atoms. The molecule has 0 bridgehead atoms. The molecule has 0 saturated heterocycles. The van der Waals surface area contributed by atoms with Crippen LogP contribution in [0, 0.1) is 0 Å². The Morgan fingerprint density at radius 3 is 2.13 bits per heavy atom. The van der Waals surface area contributed by atoms with Crippen LogP contribution in [0.1, 0.15) is 12.8 Å². The van der Waals surface area contributed by atoms with Crippen molar-refractivity contribution in [3.8, 4) is 0 Å². The monoisotopic (exact) mass is 223 g/mol. The molecule has 0 aromatic rings. The minimum absolute atomic E-state index is 0. The van der Waals surface area contributed by atoms with Crippen LogP contribution in [0.2, 0.25) is 0 Å². The first-order chi connectivity index (χ1) is 6.31. The molecule has 0 atom stereocenters. The maximum Gasteiger partial charge on any atom is 0.306 e. The zero-order valence-electron chi connectivity index (χ0n) is 9.32. The minimum Gasteiger partial charge on any atom is -0.550 e. The number of hydrogen-bond donors (Lipinski definition) is 0. The molecule has 6 heteroatoms. The maximum atomic E-state index is 10.9. The third-order valence-electron chi connectivity index (χ3n) is 1.56. The number of rotatable bonds is 6. The lowest BCUT2D eigenvalue weighted by Crippen LogP contribution is -2.38. The van der Waals surface area contributed by atoms with E-state index in [2.05, 4.69) is 0 Å². The van der Waals surface area contributed by atoms with Gasteiger partial charge in [-0.2, -0.15) is 0 Å². The van der Waals surface area contributed by atoms with Gasteiger partial charge in [-0.15, -0.1) is 0 Å². The molecule has 0 unspecified atom stereocenters. The molecule has 0 aliphatic heterocycles. The van der Waals surface area contributed by atoms with E-state index in [4.69, 9.17) is 4.74 Å². The maximum absolute atomic E-state index is 10.9. The summed E-state index contributed by atoms with van der Waals surface area (Å²) < 4.78 is 5.52. The molecular formula is C9H18FNO4. The Labute approximate surface area is 88.6 Å². The number of carboxylic acid groups (broad SMARTS) is 1. The normalized spacial score (nSPS) is 10.3. The van der Waals surface area contributed by atoms with Crippen LogP contribution in [-0.4, -0.2) is 50.7 Å². The Balaban J connectivity index is 0. The Morgan fingerprint density at radius 1 is 1.20 bits per heavy atom. The smallest absolute Gasteiger partial charge is 0.306 e. The fraction of sp³-hybridized carbons (Fsp3) is 0.778. The first-order valence-electron chi connectivity index (χ1n) is 4.47. The van der Waals surface area contributed by atoms with Crippen LogP contribution in [0.3, 0.4) is 0 Å². The third-order valence-corrected chi connectivity index (χ3v) is 1.56. The van der Waals surface area contributed by atoms with Crippen molar-refractivity contribution in [1.82, 2.24) is 0 Å². The molecule has 0 saturated carbocycles. The van der Waals surface area contributed by atoms with E-state index in [1.165, 1.54) is 0 Å². The summed E-state index contributed by atoms with van der Waals surface area (Å²) in [7, 11) is 5.94. The number of carboxylic acids is 1. The fourth-order valence-corrected chi connectivity index (χ4v) is 0.710. The van der Waals surface area contributed by atoms with Crippen molar-refractivity contribution in [3.63, 3.8) is 0 Å². The van der Waals surface area contributed by atoms with E-state index in [0.717, 1.165) is 0 Å². The van der Waals surface area contributed by atoms with Crippen LogP contribution >= 0.6 is 0 Å². The molecular weight excluding hydrogens is 205 g/mol. The third kappa shape index (κ3) is 12.8. The number of aliphatic carboxylic acids is 1. The fourth-order valence-electron chi connectivity index (χ4n) is 0.710. The van der Waals surface area contributed by atoms with Crippen molar-refractivity contribution in [2.45, 2.75) is 12.8 Å². The van der Waals surface area contributed by atoms with Gasteiger partial charge in [-0.3, -0.25) is 9.50 Å². The molecule has 0 aliphatic rings. The second-order valence-electron chi connectivity index (χ2n) is 4.11. The van der Waals surface area contributed by atoms with Gasteiger partial charge in [0.15, 0.2) is 0 Å². The van der Waals surface area contributed by atoms with Gasteiger partial charge < -0.3 is 19.1 Å². The number of carbonyl (C=O) groups excluding carboxylic acids is 2. The summed E-state index contributed by atoms with van der Waals surface area (Å²) in [6, 6.07) is 0. The van der Waals surface area contributed by atoms with Crippen LogP contribution in [-0.2, 0) is 14.3 Å². The predicted octanol–water partition coefficient (Wildman–Crippen LogP) is -1.08. The minimum atomic E-state index is -1.23. The molecule has 0 aromatic carbocycles. The van der Waals surface area contributed by atoms with Crippen molar-refractivity contribution in [3.05, 3.63) is 0 Å². The summed E-state index contributed by atoms with van der Waals surface area (Å²) in [5.74, 6) is -1.71. The van der Waals surface area contributed by atoms with E-state index in [-0.39, 0.29) is 17.5 Å². The molecule has 90 valence electrons. The summed E-state index contributed by atoms with van der Waals surface area (Å²) >= 11 is 0. The van der Waals surface area contributed by atoms with Crippen LogP contribution in [0.25, 0.3) is 0 Å². The summed E-state index contributed by atoms with van der Waals surface area (Å²) in [6.07, 6.45) is -0.386. The van der Waals surface area contributed by atoms with E-state index in [1.807, 2.05) is 21.1 Å². The standard InChI is InChI=1S/C9H17NO4.FH/c1-10(2,3)6-7-14-9(13)5-4-8(11)12;/h4-7H2,1-3H3;1H. The van der Waals surface area contributed by atoms with Crippen molar-refractivity contribution >= 4 is 11.9 Å². The van der Waals surface area contributed by atoms with Crippen LogP contribution in [0.4, 0.5) is 4.70 Å². The highest BCUT2D eigenvalue weighted by atomic mass is 19.0. The molecule has 0 aliphatic carbocycles. The summed E-state index contributed by atoms with van der Waals surface area (Å²) in [5, 5.41) is 10.0. The molecule has 15 heavy (non-hydrogen) atoms. The summed E-state index contributed by atoms with van der Waals surface area (Å²) in [5.41, 5.74) is 0. The van der Waals surface area contributed by atoms with E-state index < -0.39 is 11.9 Å². The lowest BCUT2D eigenvalue weighted by Gasteiger charge is -2.23. The van der Waals surface area contributed by atoms with Gasteiger partial charge in [0.05, 0.1) is 27.6 Å². The topological polar surface area (TPSA) is 66.4 Å². The first-order valence-corrected chi connectivity index (χ1v) is 4.47. The average Bonchev–Trinajstić information content (AvgIpc) is 1.98. The second-order valence-corrected chi connectivity index (χ2v) is 4.11. The number of hydrogen-bond acceptors (Lipinski definition) is 4. The van der Waals surface area contributed by atoms with Gasteiger partial charge in [-0.1, -0.05) is 0 Å². The molecule has 0 amide bonds. The lowest BCUT2D eigenvalue weighted by molar-refractivity contribution is -0.870. The van der Waals surface area contributed by atoms with Crippen LogP contribution in [0.15, 0.2) is 0 Å². The molecule has 0 rings (SSSR count). The van der Waals surface area contributed by atoms with Crippen LogP contribution in [0.5, 0.6) is 0 Å². The van der Waals surface area contributed by atoms with Gasteiger partial charge in [0, 0.05) is 5.97 Å². The summed E-state index contributed by atoms with van der Waals surface area (Å²) in [4.78, 5) is 20.9. The van der Waals surface area contributed by atoms with Crippen molar-refractivity contribution < 1.29 is 28.6 Å². The average molecular weight is 223 g/mol. The Bertz CT molecular complexity index is 213. The quantitative estimate of drug-likeness (QED) is 0.424. The zero-order valence-corrected chi connectivity index (χ0v) is 9.32. The molecule has 5 nitrogen and oxygen atoms in total. The number of esters is 1. The highest BCUT2D eigenvalue weighted by Crippen LogP contribution is 1.94. The highest BCUT2D eigenvalue weighted by Gasteiger charge is 2.08. The van der Waals surface area contributed by atoms with Crippen molar-refractivity contribution in [1.29, 1.82) is 0 Å². The highest BCUT2D eigenvalue weighted by molar-refractivity contribution is 5.75. The Morgan fingerprint density at radius 2 is 1.73 bits per heavy atom. The SMILES string of the molecule is C[N+](C)(C)CCOC(=O)CCC(=O)[O-].F. The Hall–Kier alpha value is -1.17. The van der Waals surface area contributed by atoms with Gasteiger partial charge in [0.1, 0.15) is 13.2 Å². The molecule has 0 fully saturated rings.